The second kappa shape index (κ2) is 4.33. The van der Waals surface area contributed by atoms with E-state index in [-0.39, 0.29) is 6.10 Å². The quantitative estimate of drug-likeness (QED) is 0.882. The molecule has 1 saturated carbocycles. The molecule has 3 heteroatoms. The molecule has 1 aromatic heterocycles. The van der Waals surface area contributed by atoms with Crippen LogP contribution in [0.1, 0.15) is 41.5 Å². The number of rotatable bonds is 3. The lowest BCUT2D eigenvalue weighted by Gasteiger charge is -2.27. The number of aliphatic hydroxyl groups excluding tert-OH is 1. The second-order valence-corrected chi connectivity index (χ2v) is 6.24. The van der Waals surface area contributed by atoms with Crippen LogP contribution in [0.2, 0.25) is 0 Å². The Labute approximate surface area is 97.3 Å². The number of hydrogen-bond donors (Lipinski definition) is 1. The number of aliphatic hydroxyl groups is 1. The van der Waals surface area contributed by atoms with Crippen molar-refractivity contribution in [2.75, 3.05) is 0 Å². The molecule has 1 aromatic rings. The molecule has 0 amide bonds. The first kappa shape index (κ1) is 10.7. The van der Waals surface area contributed by atoms with Crippen LogP contribution in [-0.2, 0) is 0 Å². The highest BCUT2D eigenvalue weighted by molar-refractivity contribution is 9.10. The summed E-state index contributed by atoms with van der Waals surface area (Å²) in [5.74, 6) is 0.770. The highest BCUT2D eigenvalue weighted by Gasteiger charge is 2.22. The number of halogens is 1. The molecule has 1 aliphatic rings. The molecule has 0 aromatic carbocycles. The summed E-state index contributed by atoms with van der Waals surface area (Å²) in [6.07, 6.45) is 4.68. The van der Waals surface area contributed by atoms with Crippen LogP contribution in [0.25, 0.3) is 0 Å². The smallest absolute Gasteiger partial charge is 0.0885 e. The van der Waals surface area contributed by atoms with Crippen molar-refractivity contribution in [1.82, 2.24) is 0 Å². The molecule has 78 valence electrons. The molecule has 0 radical (unpaired) electrons. The summed E-state index contributed by atoms with van der Waals surface area (Å²) < 4.78 is 1.13. The maximum absolute atomic E-state index is 9.98. The van der Waals surface area contributed by atoms with Crippen LogP contribution < -0.4 is 0 Å². The molecule has 0 saturated heterocycles. The normalized spacial score (nSPS) is 19.4. The van der Waals surface area contributed by atoms with Crippen LogP contribution >= 0.6 is 27.3 Å². The van der Waals surface area contributed by atoms with Crippen LogP contribution in [0.4, 0.5) is 0 Å². The summed E-state index contributed by atoms with van der Waals surface area (Å²) in [6, 6.07) is 2.06. The maximum Gasteiger partial charge on any atom is 0.0885 e. The summed E-state index contributed by atoms with van der Waals surface area (Å²) in [4.78, 5) is 2.37. The Balaban J connectivity index is 1.98. The zero-order valence-corrected chi connectivity index (χ0v) is 10.7. The SMILES string of the molecule is Cc1sc(C(O)CC2CCC2)cc1Br. The van der Waals surface area contributed by atoms with Gasteiger partial charge in [0.25, 0.3) is 0 Å². The molecule has 14 heavy (non-hydrogen) atoms. The molecule has 2 rings (SSSR count). The van der Waals surface area contributed by atoms with E-state index >= 15 is 0 Å². The third-order valence-electron chi connectivity index (χ3n) is 2.99. The predicted molar refractivity (Wildman–Crippen MR) is 63.7 cm³/mol. The molecule has 1 heterocycles. The molecule has 1 aliphatic carbocycles. The van der Waals surface area contributed by atoms with Crippen LogP contribution in [0, 0.1) is 12.8 Å². The van der Waals surface area contributed by atoms with Gasteiger partial charge in [-0.15, -0.1) is 11.3 Å². The van der Waals surface area contributed by atoms with E-state index in [2.05, 4.69) is 28.9 Å². The molecular weight excluding hydrogens is 260 g/mol. The van der Waals surface area contributed by atoms with E-state index in [4.69, 9.17) is 0 Å². The molecule has 1 nitrogen and oxygen atoms in total. The van der Waals surface area contributed by atoms with Gasteiger partial charge in [0.1, 0.15) is 0 Å². The van der Waals surface area contributed by atoms with Crippen molar-refractivity contribution >= 4 is 27.3 Å². The van der Waals surface area contributed by atoms with Gasteiger partial charge in [0, 0.05) is 14.2 Å². The third kappa shape index (κ3) is 2.20. The maximum atomic E-state index is 9.98. The van der Waals surface area contributed by atoms with Crippen LogP contribution in [0.3, 0.4) is 0 Å². The Bertz CT molecular complexity index is 298. The topological polar surface area (TPSA) is 20.2 Å². The van der Waals surface area contributed by atoms with Gasteiger partial charge in [-0.2, -0.15) is 0 Å². The molecule has 0 bridgehead atoms. The lowest BCUT2D eigenvalue weighted by Crippen LogP contribution is -2.14. The molecule has 0 aliphatic heterocycles. The minimum absolute atomic E-state index is 0.240. The molecular formula is C11H15BrOS. The van der Waals surface area contributed by atoms with Crippen LogP contribution in [0.15, 0.2) is 10.5 Å². The van der Waals surface area contributed by atoms with Gasteiger partial charge in [0.05, 0.1) is 6.10 Å². The fourth-order valence-corrected chi connectivity index (χ4v) is 3.37. The summed E-state index contributed by atoms with van der Waals surface area (Å²) in [6.45, 7) is 2.08. The Kier molecular flexibility index (Phi) is 3.30. The van der Waals surface area contributed by atoms with Crippen LogP contribution in [0.5, 0.6) is 0 Å². The first-order valence-electron chi connectivity index (χ1n) is 5.10. The Hall–Kier alpha value is 0.140. The Morgan fingerprint density at radius 2 is 2.36 bits per heavy atom. The van der Waals surface area contributed by atoms with Gasteiger partial charge in [-0.3, -0.25) is 0 Å². The van der Waals surface area contributed by atoms with Gasteiger partial charge in [-0.05, 0) is 41.3 Å². The summed E-state index contributed by atoms with van der Waals surface area (Å²) in [5, 5.41) is 9.98. The molecule has 1 N–H and O–H groups in total. The average molecular weight is 275 g/mol. The van der Waals surface area contributed by atoms with E-state index in [1.54, 1.807) is 11.3 Å². The zero-order chi connectivity index (χ0) is 10.1. The zero-order valence-electron chi connectivity index (χ0n) is 8.29. The fourth-order valence-electron chi connectivity index (χ4n) is 1.81. The van der Waals surface area contributed by atoms with Gasteiger partial charge in [-0.1, -0.05) is 19.3 Å². The minimum atomic E-state index is -0.240. The van der Waals surface area contributed by atoms with E-state index < -0.39 is 0 Å². The molecule has 0 spiro atoms. The molecule has 1 fully saturated rings. The summed E-state index contributed by atoms with van der Waals surface area (Å²) >= 11 is 5.18. The molecule has 1 unspecified atom stereocenters. The van der Waals surface area contributed by atoms with Crippen molar-refractivity contribution in [2.45, 2.75) is 38.7 Å². The van der Waals surface area contributed by atoms with Gasteiger partial charge >= 0.3 is 0 Å². The lowest BCUT2D eigenvalue weighted by atomic mass is 9.81. The fraction of sp³-hybridized carbons (Fsp3) is 0.636. The highest BCUT2D eigenvalue weighted by atomic mass is 79.9. The average Bonchev–Trinajstić information content (AvgIpc) is 2.40. The summed E-state index contributed by atoms with van der Waals surface area (Å²) in [7, 11) is 0. The van der Waals surface area contributed by atoms with E-state index in [1.165, 1.54) is 24.1 Å². The van der Waals surface area contributed by atoms with Crippen molar-refractivity contribution < 1.29 is 5.11 Å². The second-order valence-electron chi connectivity index (χ2n) is 4.10. The van der Waals surface area contributed by atoms with E-state index in [9.17, 15) is 5.11 Å². The van der Waals surface area contributed by atoms with Gasteiger partial charge in [0.15, 0.2) is 0 Å². The number of aryl methyl sites for hydroxylation is 1. The largest absolute Gasteiger partial charge is 0.388 e. The monoisotopic (exact) mass is 274 g/mol. The van der Waals surface area contributed by atoms with Crippen LogP contribution in [-0.4, -0.2) is 5.11 Å². The number of thiophene rings is 1. The van der Waals surface area contributed by atoms with Crippen molar-refractivity contribution in [1.29, 1.82) is 0 Å². The summed E-state index contributed by atoms with van der Waals surface area (Å²) in [5.41, 5.74) is 0. The van der Waals surface area contributed by atoms with Crippen molar-refractivity contribution in [3.05, 3.63) is 20.3 Å². The lowest BCUT2D eigenvalue weighted by molar-refractivity contribution is 0.121. The Morgan fingerprint density at radius 1 is 1.64 bits per heavy atom. The highest BCUT2D eigenvalue weighted by Crippen LogP contribution is 2.38. The first-order valence-corrected chi connectivity index (χ1v) is 6.71. The van der Waals surface area contributed by atoms with E-state index in [0.29, 0.717) is 0 Å². The van der Waals surface area contributed by atoms with Gasteiger partial charge < -0.3 is 5.11 Å². The third-order valence-corrected chi connectivity index (χ3v) is 5.22. The van der Waals surface area contributed by atoms with Crippen molar-refractivity contribution in [3.8, 4) is 0 Å². The molecule has 1 atom stereocenters. The first-order chi connectivity index (χ1) is 6.66. The van der Waals surface area contributed by atoms with Gasteiger partial charge in [-0.25, -0.2) is 0 Å². The standard InChI is InChI=1S/C11H15BrOS/c1-7-9(12)6-11(14-7)10(13)5-8-3-2-4-8/h6,8,10,13H,2-5H2,1H3. The predicted octanol–water partition coefficient (Wildman–Crippen LogP) is 4.04. The minimum Gasteiger partial charge on any atom is -0.388 e. The van der Waals surface area contributed by atoms with E-state index in [1.807, 2.05) is 0 Å². The van der Waals surface area contributed by atoms with Gasteiger partial charge in [0.2, 0.25) is 0 Å². The van der Waals surface area contributed by atoms with Crippen molar-refractivity contribution in [2.24, 2.45) is 5.92 Å². The van der Waals surface area contributed by atoms with E-state index in [0.717, 1.165) is 21.7 Å². The number of hydrogen-bond acceptors (Lipinski definition) is 2. The Morgan fingerprint density at radius 3 is 2.79 bits per heavy atom. The van der Waals surface area contributed by atoms with Crippen molar-refractivity contribution in [3.63, 3.8) is 0 Å².